The molecule has 10 aromatic rings. The molecule has 0 unspecified atom stereocenters. The minimum Gasteiger partial charge on any atom is -0.508 e. The van der Waals surface area contributed by atoms with E-state index in [4.69, 9.17) is 86.3 Å². The molecule has 0 radical (unpaired) electrons. The van der Waals surface area contributed by atoms with E-state index >= 15 is 0 Å². The van der Waals surface area contributed by atoms with E-state index in [1.165, 1.54) is 74.8 Å². The van der Waals surface area contributed by atoms with Gasteiger partial charge >= 0.3 is 0 Å². The number of rotatable bonds is 0. The maximum Gasteiger partial charge on any atom is 0.142 e. The first-order valence-electron chi connectivity index (χ1n) is 40.4. The van der Waals surface area contributed by atoms with Crippen LogP contribution < -0.4 is 0 Å². The number of aryl methyl sites for hydroxylation is 6. The zero-order chi connectivity index (χ0) is 91.8. The Kier molecular flexibility index (Phi) is 43.1. The topological polar surface area (TPSA) is 20.2 Å². The molecular weight excluding hydrogens is 1610 g/mol. The highest BCUT2D eigenvalue weighted by atomic mass is 35.5. The van der Waals surface area contributed by atoms with E-state index in [1.54, 1.807) is 45.0 Å². The van der Waals surface area contributed by atoms with Crippen LogP contribution in [0, 0.1) is 64.8 Å². The van der Waals surface area contributed by atoms with Gasteiger partial charge in [-0.3, -0.25) is 0 Å². The molecule has 0 saturated heterocycles. The van der Waals surface area contributed by atoms with E-state index in [9.17, 15) is 17.6 Å². The van der Waals surface area contributed by atoms with Gasteiger partial charge in [0, 0.05) is 41.3 Å². The molecule has 1 nitrogen and oxygen atoms in total. The standard InChI is InChI=1S/C12H18.C11H14Cl2.2C11H14ClF.C11H16.C10H12Cl2.C10H13Cl.C10H12F2.C10H14O.C10H14/c1-9-7-6-8-10(2)11(9)12(3,4)5;2*1-7-5-8(12)10(9(13)6-7)11(2,3)4;1-7-5-6-8(13)10(12)9(7)11(2,3)4;1-9-5-7-10(8-6-9)11(2,3)4;1-10(2,3)9-7(11)5-4-6-8(9)12;1-10(2,3)8-6-4-5-7-9(8)11;1-10(2,3)9-7(11)5-4-6-8(9)12;1-10(2,3)8-4-6-9(11)7-5-8;1-10(2,3)9-7-5-4-6-8-9/h6-8H,1-5H3;3*5-6H,1-4H3;5-8H,1-4H3;4-6H,1-3H3;4-7H,1-3H3;4-6H,1-3H3;4-7,11H,1-3H3;4-8H,1-3H3. The Morgan fingerprint density at radius 2 is 0.517 bits per heavy atom. The van der Waals surface area contributed by atoms with Gasteiger partial charge in [0.25, 0.3) is 0 Å². The van der Waals surface area contributed by atoms with Crippen LogP contribution in [0.25, 0.3) is 0 Å². The summed E-state index contributed by atoms with van der Waals surface area (Å²) in [5.74, 6) is -1.15. The maximum atomic E-state index is 13.5. The largest absolute Gasteiger partial charge is 0.508 e. The first kappa shape index (κ1) is 110. The van der Waals surface area contributed by atoms with Gasteiger partial charge in [-0.2, -0.15) is 0 Å². The van der Waals surface area contributed by atoms with Crippen molar-refractivity contribution in [2.75, 3.05) is 0 Å². The van der Waals surface area contributed by atoms with Crippen LogP contribution in [-0.2, 0) is 54.1 Å². The van der Waals surface area contributed by atoms with Gasteiger partial charge in [-0.25, -0.2) is 17.6 Å². The van der Waals surface area contributed by atoms with Gasteiger partial charge in [-0.05, 0) is 241 Å². The molecule has 0 aliphatic carbocycles. The molecule has 0 aliphatic heterocycles. The minimum absolute atomic E-state index is 0.00185. The first-order chi connectivity index (χ1) is 53.4. The molecule has 0 heterocycles. The van der Waals surface area contributed by atoms with Crippen LogP contribution in [0.15, 0.2) is 194 Å². The highest BCUT2D eigenvalue weighted by Gasteiger charge is 2.27. The fourth-order valence-corrected chi connectivity index (χ4v) is 16.4. The lowest BCUT2D eigenvalue weighted by molar-refractivity contribution is 0.473. The molecule has 10 rings (SSSR count). The Balaban J connectivity index is 0.000000656. The molecule has 0 amide bonds. The average Bonchev–Trinajstić information content (AvgIpc) is 0.817. The third-order valence-electron chi connectivity index (χ3n) is 18.6. The fraction of sp³-hybridized carbons (Fsp3) is 0.434. The number of halogens is 11. The van der Waals surface area contributed by atoms with Gasteiger partial charge in [0.1, 0.15) is 29.0 Å². The Labute approximate surface area is 748 Å². The summed E-state index contributed by atoms with van der Waals surface area (Å²) in [4.78, 5) is 0. The van der Waals surface area contributed by atoms with Crippen molar-refractivity contribution in [2.24, 2.45) is 0 Å². The van der Waals surface area contributed by atoms with Gasteiger partial charge < -0.3 is 5.11 Å². The van der Waals surface area contributed by atoms with Gasteiger partial charge in [0.2, 0.25) is 0 Å². The minimum atomic E-state index is -0.477. The Bertz CT molecular complexity index is 4340. The van der Waals surface area contributed by atoms with E-state index in [0.29, 0.717) is 21.8 Å². The summed E-state index contributed by atoms with van der Waals surface area (Å²) in [6, 6.07) is 61.1. The normalized spacial score (nSPS) is 11.7. The first-order valence-corrected chi connectivity index (χ1v) is 43.0. The van der Waals surface area contributed by atoms with Crippen molar-refractivity contribution in [1.82, 2.24) is 0 Å². The van der Waals surface area contributed by atoms with Crippen molar-refractivity contribution in [3.05, 3.63) is 342 Å². The number of hydrogen-bond acceptors (Lipinski definition) is 1. The quantitative estimate of drug-likeness (QED) is 0.150. The summed E-state index contributed by atoms with van der Waals surface area (Å²) in [5, 5.41) is 13.7. The molecule has 0 fully saturated rings. The number of phenols is 1. The Hall–Kier alpha value is -6.25. The maximum absolute atomic E-state index is 13.5. The third-order valence-corrected chi connectivity index (χ3v) is 20.8. The number of aromatic hydroxyl groups is 1. The van der Waals surface area contributed by atoms with Crippen molar-refractivity contribution in [2.45, 2.75) is 303 Å². The van der Waals surface area contributed by atoms with Gasteiger partial charge in [0.15, 0.2) is 0 Å². The molecule has 0 aliphatic rings. The van der Waals surface area contributed by atoms with Crippen LogP contribution in [0.5, 0.6) is 5.75 Å². The highest BCUT2D eigenvalue weighted by Crippen LogP contribution is 2.40. The van der Waals surface area contributed by atoms with Crippen LogP contribution in [-0.4, -0.2) is 5.11 Å². The lowest BCUT2D eigenvalue weighted by atomic mass is 9.81. The molecule has 648 valence electrons. The van der Waals surface area contributed by atoms with Crippen LogP contribution in [0.2, 0.25) is 35.2 Å². The van der Waals surface area contributed by atoms with Crippen LogP contribution in [0.3, 0.4) is 0 Å². The predicted molar refractivity (Wildman–Crippen MR) is 516 cm³/mol. The molecule has 0 aromatic heterocycles. The second-order valence-corrected chi connectivity index (χ2v) is 43.3. The zero-order valence-corrected chi connectivity index (χ0v) is 83.4. The van der Waals surface area contributed by atoms with E-state index in [-0.39, 0.29) is 65.5 Å². The van der Waals surface area contributed by atoms with Crippen molar-refractivity contribution < 1.29 is 22.7 Å². The number of phenolic OH excluding ortho intramolecular Hbond substituents is 1. The van der Waals surface area contributed by atoms with Crippen LogP contribution in [0.1, 0.15) is 297 Å². The number of hydrogen-bond donors (Lipinski definition) is 1. The predicted octanol–water partition coefficient (Wildman–Crippen LogP) is 36.5. The molecule has 12 heteroatoms. The molecule has 0 atom stereocenters. The van der Waals surface area contributed by atoms with Gasteiger partial charge in [-0.1, -0.05) is 416 Å². The molecule has 118 heavy (non-hydrogen) atoms. The van der Waals surface area contributed by atoms with Crippen LogP contribution >= 0.6 is 81.2 Å². The zero-order valence-electron chi connectivity index (χ0n) is 78.1. The van der Waals surface area contributed by atoms with Crippen molar-refractivity contribution in [3.8, 4) is 5.75 Å². The average molecular weight is 1760 g/mol. The second-order valence-electron chi connectivity index (χ2n) is 40.5. The summed E-state index contributed by atoms with van der Waals surface area (Å²) in [5.41, 5.74) is 18.0. The third kappa shape index (κ3) is 38.4. The van der Waals surface area contributed by atoms with E-state index < -0.39 is 17.0 Å². The number of benzene rings is 10. The molecular formula is C106H141Cl7F4O. The Morgan fingerprint density at radius 1 is 0.212 bits per heavy atom. The summed E-state index contributed by atoms with van der Waals surface area (Å²) in [6.45, 7) is 75.3. The molecule has 1 N–H and O–H groups in total. The smallest absolute Gasteiger partial charge is 0.142 e. The molecule has 0 bridgehead atoms. The molecule has 0 spiro atoms. The molecule has 0 saturated carbocycles. The summed E-state index contributed by atoms with van der Waals surface area (Å²) < 4.78 is 52.9. The summed E-state index contributed by atoms with van der Waals surface area (Å²) in [7, 11) is 0. The van der Waals surface area contributed by atoms with Crippen LogP contribution in [0.4, 0.5) is 17.6 Å². The lowest BCUT2D eigenvalue weighted by Crippen LogP contribution is -2.15. The van der Waals surface area contributed by atoms with E-state index in [0.717, 1.165) is 58.5 Å². The van der Waals surface area contributed by atoms with Gasteiger partial charge in [-0.15, -0.1) is 0 Å². The fourth-order valence-electron chi connectivity index (χ4n) is 12.8. The SMILES string of the molecule is CC(C)(C)c1c(Cl)cccc1Cl.CC(C)(C)c1c(F)cccc1F.CC(C)(C)c1ccc(O)cc1.CC(C)(C)c1ccccc1.CC(C)(C)c1ccccc1Cl.Cc1cc(Cl)c(C(C)(C)C)c(Cl)c1.Cc1cc(F)c(C(C)(C)C)c(Cl)c1.Cc1ccc(C(C)(C)C)cc1.Cc1ccc(F)c(Cl)c1C(C)(C)C.Cc1cccc(C)c1C(C)(C)C. The summed E-state index contributed by atoms with van der Waals surface area (Å²) in [6.07, 6.45) is 0. The second kappa shape index (κ2) is 46.3. The lowest BCUT2D eigenvalue weighted by Gasteiger charge is -2.23. The van der Waals surface area contributed by atoms with E-state index in [2.05, 4.69) is 245 Å². The monoisotopic (exact) mass is 1750 g/mol. The van der Waals surface area contributed by atoms with E-state index in [1.807, 2.05) is 123 Å². The molecule has 10 aromatic carbocycles. The van der Waals surface area contributed by atoms with Crippen molar-refractivity contribution in [1.29, 1.82) is 0 Å². The van der Waals surface area contributed by atoms with Crippen molar-refractivity contribution >= 4 is 81.2 Å². The van der Waals surface area contributed by atoms with Gasteiger partial charge in [0.05, 0.1) is 5.02 Å². The Morgan fingerprint density at radius 3 is 0.822 bits per heavy atom. The van der Waals surface area contributed by atoms with Crippen molar-refractivity contribution in [3.63, 3.8) is 0 Å². The summed E-state index contributed by atoms with van der Waals surface area (Å²) >= 11 is 42.2. The highest BCUT2D eigenvalue weighted by molar-refractivity contribution is 6.37.